The van der Waals surface area contributed by atoms with Gasteiger partial charge in [-0.3, -0.25) is 14.5 Å². The number of nitrogens with zero attached hydrogens (tertiary/aromatic N) is 2. The third kappa shape index (κ3) is 4.85. The highest BCUT2D eigenvalue weighted by molar-refractivity contribution is 9.10. The van der Waals surface area contributed by atoms with Crippen molar-refractivity contribution in [3.63, 3.8) is 0 Å². The number of amides is 2. The molecule has 9 heteroatoms. The summed E-state index contributed by atoms with van der Waals surface area (Å²) in [6.07, 6.45) is 0.00996. The van der Waals surface area contributed by atoms with Crippen molar-refractivity contribution in [2.24, 2.45) is 4.99 Å². The Hall–Kier alpha value is -1.54. The van der Waals surface area contributed by atoms with Gasteiger partial charge in [-0.1, -0.05) is 57.0 Å². The number of hydrogen-bond donors (Lipinski definition) is 1. The summed E-state index contributed by atoms with van der Waals surface area (Å²) in [7, 11) is 1.65. The summed E-state index contributed by atoms with van der Waals surface area (Å²) < 4.78 is 0.948. The van der Waals surface area contributed by atoms with Crippen LogP contribution in [0.25, 0.3) is 0 Å². The standard InChI is InChI=1S/C18H14BrCl2N3O2S/c1-24-17(26)14(27-18(24)22-11-7-5-10(19)6-8-11)9-15(25)23-13-4-2-3-12(20)16(13)21/h2-8,14H,9H2,1H3,(H,23,25). The van der Waals surface area contributed by atoms with Gasteiger partial charge in [0.2, 0.25) is 11.8 Å². The van der Waals surface area contributed by atoms with Crippen LogP contribution in [0.2, 0.25) is 10.0 Å². The zero-order valence-corrected chi connectivity index (χ0v) is 18.0. The predicted molar refractivity (Wildman–Crippen MR) is 115 cm³/mol. The first-order valence-electron chi connectivity index (χ1n) is 7.87. The molecular formula is C18H14BrCl2N3O2S. The monoisotopic (exact) mass is 485 g/mol. The van der Waals surface area contributed by atoms with E-state index in [9.17, 15) is 9.59 Å². The lowest BCUT2D eigenvalue weighted by molar-refractivity contribution is -0.127. The van der Waals surface area contributed by atoms with Crippen molar-refractivity contribution in [1.82, 2.24) is 4.90 Å². The maximum absolute atomic E-state index is 12.5. The number of aliphatic imine (C=N–C) groups is 1. The summed E-state index contributed by atoms with van der Waals surface area (Å²) in [6.45, 7) is 0. The molecule has 2 aromatic rings. The van der Waals surface area contributed by atoms with Gasteiger partial charge >= 0.3 is 0 Å². The van der Waals surface area contributed by atoms with Crippen LogP contribution >= 0.6 is 50.9 Å². The summed E-state index contributed by atoms with van der Waals surface area (Å²) in [5, 5.41) is 3.34. The van der Waals surface area contributed by atoms with Crippen molar-refractivity contribution in [2.45, 2.75) is 11.7 Å². The van der Waals surface area contributed by atoms with Crippen LogP contribution in [0.1, 0.15) is 6.42 Å². The second-order valence-electron chi connectivity index (χ2n) is 5.73. The largest absolute Gasteiger partial charge is 0.325 e. The molecule has 0 aromatic heterocycles. The number of nitrogens with one attached hydrogen (secondary N) is 1. The molecular weight excluding hydrogens is 473 g/mol. The van der Waals surface area contributed by atoms with Crippen LogP contribution in [0.3, 0.4) is 0 Å². The maximum atomic E-state index is 12.5. The van der Waals surface area contributed by atoms with Crippen molar-refractivity contribution >= 4 is 79.3 Å². The summed E-state index contributed by atoms with van der Waals surface area (Å²) in [6, 6.07) is 12.4. The van der Waals surface area contributed by atoms with E-state index < -0.39 is 5.25 Å². The van der Waals surface area contributed by atoms with Crippen molar-refractivity contribution in [3.8, 4) is 0 Å². The average Bonchev–Trinajstić information content (AvgIpc) is 2.89. The van der Waals surface area contributed by atoms with Gasteiger partial charge in [0.05, 0.1) is 21.4 Å². The Kier molecular flexibility index (Phi) is 6.47. The van der Waals surface area contributed by atoms with Gasteiger partial charge in [-0.05, 0) is 36.4 Å². The van der Waals surface area contributed by atoms with E-state index in [1.165, 1.54) is 16.7 Å². The van der Waals surface area contributed by atoms with Gasteiger partial charge in [0.15, 0.2) is 5.17 Å². The molecule has 1 fully saturated rings. The van der Waals surface area contributed by atoms with Crippen LogP contribution in [0.15, 0.2) is 51.9 Å². The molecule has 0 spiro atoms. The van der Waals surface area contributed by atoms with Gasteiger partial charge in [0.1, 0.15) is 5.25 Å². The Bertz CT molecular complexity index is 921. The first kappa shape index (κ1) is 20.2. The Balaban J connectivity index is 1.68. The van der Waals surface area contributed by atoms with Gasteiger partial charge in [-0.15, -0.1) is 0 Å². The van der Waals surface area contributed by atoms with E-state index in [2.05, 4.69) is 26.2 Å². The van der Waals surface area contributed by atoms with Gasteiger partial charge in [-0.2, -0.15) is 0 Å². The second kappa shape index (κ2) is 8.65. The topological polar surface area (TPSA) is 61.8 Å². The molecule has 27 heavy (non-hydrogen) atoms. The number of benzene rings is 2. The quantitative estimate of drug-likeness (QED) is 0.633. The summed E-state index contributed by atoms with van der Waals surface area (Å²) in [5.74, 6) is -0.480. The van der Waals surface area contributed by atoms with Gasteiger partial charge in [0, 0.05) is 17.9 Å². The lowest BCUT2D eigenvalue weighted by atomic mass is 10.2. The number of thioether (sulfide) groups is 1. The molecule has 2 amide bonds. The Morgan fingerprint density at radius 3 is 2.67 bits per heavy atom. The second-order valence-corrected chi connectivity index (χ2v) is 8.60. The van der Waals surface area contributed by atoms with Crippen molar-refractivity contribution < 1.29 is 9.59 Å². The van der Waals surface area contributed by atoms with Crippen molar-refractivity contribution in [1.29, 1.82) is 0 Å². The number of hydrogen-bond acceptors (Lipinski definition) is 4. The summed E-state index contributed by atoms with van der Waals surface area (Å²) in [5.41, 5.74) is 1.15. The molecule has 1 N–H and O–H groups in total. The fourth-order valence-electron chi connectivity index (χ4n) is 2.39. The zero-order chi connectivity index (χ0) is 19.6. The normalized spacial score (nSPS) is 18.2. The van der Waals surface area contributed by atoms with E-state index in [0.29, 0.717) is 15.9 Å². The first-order chi connectivity index (χ1) is 12.8. The van der Waals surface area contributed by atoms with E-state index >= 15 is 0 Å². The van der Waals surface area contributed by atoms with E-state index in [-0.39, 0.29) is 23.3 Å². The molecule has 0 aliphatic carbocycles. The highest BCUT2D eigenvalue weighted by Gasteiger charge is 2.37. The first-order valence-corrected chi connectivity index (χ1v) is 10.3. The zero-order valence-electron chi connectivity index (χ0n) is 14.1. The predicted octanol–water partition coefficient (Wildman–Crippen LogP) is 5.35. The van der Waals surface area contributed by atoms with E-state index in [0.717, 1.165) is 10.2 Å². The van der Waals surface area contributed by atoms with Gasteiger partial charge in [0.25, 0.3) is 0 Å². The molecule has 0 radical (unpaired) electrons. The summed E-state index contributed by atoms with van der Waals surface area (Å²) >= 11 is 16.7. The molecule has 1 heterocycles. The molecule has 140 valence electrons. The van der Waals surface area contributed by atoms with Crippen LogP contribution < -0.4 is 5.32 Å². The SMILES string of the molecule is CN1C(=O)C(CC(=O)Nc2cccc(Cl)c2Cl)SC1=Nc1ccc(Br)cc1. The van der Waals surface area contributed by atoms with Gasteiger partial charge < -0.3 is 5.32 Å². The number of amidine groups is 1. The number of carbonyl (C=O) groups excluding carboxylic acids is 2. The fraction of sp³-hybridized carbons (Fsp3) is 0.167. The molecule has 3 rings (SSSR count). The minimum absolute atomic E-state index is 0.00996. The molecule has 1 aliphatic heterocycles. The Labute approximate surface area is 179 Å². The van der Waals surface area contributed by atoms with Crippen molar-refractivity contribution in [2.75, 3.05) is 12.4 Å². The number of anilines is 1. The molecule has 1 atom stereocenters. The average molecular weight is 487 g/mol. The highest BCUT2D eigenvalue weighted by Crippen LogP contribution is 2.32. The molecule has 0 saturated carbocycles. The molecule has 1 saturated heterocycles. The van der Waals surface area contributed by atoms with Crippen LogP contribution in [0, 0.1) is 0 Å². The molecule has 5 nitrogen and oxygen atoms in total. The van der Waals surface area contributed by atoms with Crippen LogP contribution in [-0.2, 0) is 9.59 Å². The van der Waals surface area contributed by atoms with E-state index in [4.69, 9.17) is 23.2 Å². The minimum Gasteiger partial charge on any atom is -0.325 e. The van der Waals surface area contributed by atoms with Crippen LogP contribution in [-0.4, -0.2) is 34.2 Å². The van der Waals surface area contributed by atoms with Crippen molar-refractivity contribution in [3.05, 3.63) is 57.0 Å². The number of carbonyl (C=O) groups is 2. The smallest absolute Gasteiger partial charge is 0.242 e. The van der Waals surface area contributed by atoms with E-state index in [1.807, 2.05) is 24.3 Å². The minimum atomic E-state index is -0.540. The van der Waals surface area contributed by atoms with Crippen LogP contribution in [0.4, 0.5) is 11.4 Å². The van der Waals surface area contributed by atoms with Crippen LogP contribution in [0.5, 0.6) is 0 Å². The molecule has 1 aliphatic rings. The lowest BCUT2D eigenvalue weighted by Gasteiger charge is -2.10. The number of halogens is 3. The molecule has 1 unspecified atom stereocenters. The maximum Gasteiger partial charge on any atom is 0.242 e. The third-order valence-corrected chi connectivity index (χ3v) is 6.36. The highest BCUT2D eigenvalue weighted by atomic mass is 79.9. The van der Waals surface area contributed by atoms with Gasteiger partial charge in [-0.25, -0.2) is 4.99 Å². The fourth-order valence-corrected chi connectivity index (χ4v) is 4.16. The molecule has 2 aromatic carbocycles. The number of rotatable bonds is 4. The van der Waals surface area contributed by atoms with E-state index in [1.54, 1.807) is 25.2 Å². The lowest BCUT2D eigenvalue weighted by Crippen LogP contribution is -2.30. The molecule has 0 bridgehead atoms. The Morgan fingerprint density at radius 1 is 1.26 bits per heavy atom. The third-order valence-electron chi connectivity index (χ3n) is 3.79. The summed E-state index contributed by atoms with van der Waals surface area (Å²) in [4.78, 5) is 30.8. The Morgan fingerprint density at radius 2 is 1.96 bits per heavy atom.